The highest BCUT2D eigenvalue weighted by atomic mass is 35.5. The lowest BCUT2D eigenvalue weighted by molar-refractivity contribution is 0.304. The Morgan fingerprint density at radius 1 is 1.05 bits per heavy atom. The van der Waals surface area contributed by atoms with E-state index in [-0.39, 0.29) is 6.04 Å². The summed E-state index contributed by atoms with van der Waals surface area (Å²) in [4.78, 5) is 2.34. The van der Waals surface area contributed by atoms with Gasteiger partial charge >= 0.3 is 0 Å². The molecule has 3 heteroatoms. The molecule has 0 bridgehead atoms. The highest BCUT2D eigenvalue weighted by Crippen LogP contribution is 2.24. The molecule has 0 aromatic heterocycles. The molecule has 0 aliphatic heterocycles. The molecule has 0 fully saturated rings. The summed E-state index contributed by atoms with van der Waals surface area (Å²) < 4.78 is 0. The Kier molecular flexibility index (Phi) is 6.24. The molecule has 0 aliphatic carbocycles. The van der Waals surface area contributed by atoms with Gasteiger partial charge in [-0.15, -0.1) is 0 Å². The first-order chi connectivity index (χ1) is 10.2. The monoisotopic (exact) mass is 302 g/mol. The zero-order valence-electron chi connectivity index (χ0n) is 12.7. The minimum Gasteiger partial charge on any atom is -0.313 e. The van der Waals surface area contributed by atoms with E-state index in [2.05, 4.69) is 53.7 Å². The van der Waals surface area contributed by atoms with E-state index in [1.54, 1.807) is 0 Å². The highest BCUT2D eigenvalue weighted by Gasteiger charge is 2.13. The van der Waals surface area contributed by atoms with Gasteiger partial charge in [-0.2, -0.15) is 0 Å². The Morgan fingerprint density at radius 2 is 1.71 bits per heavy atom. The van der Waals surface area contributed by atoms with Crippen molar-refractivity contribution in [3.8, 4) is 0 Å². The summed E-state index contributed by atoms with van der Waals surface area (Å²) in [5.41, 5.74) is 2.52. The predicted octanol–water partition coefficient (Wildman–Crippen LogP) is 4.12. The molecular formula is C18H23ClN2. The van der Waals surface area contributed by atoms with E-state index in [1.807, 2.05) is 25.2 Å². The Bertz CT molecular complexity index is 542. The average Bonchev–Trinajstić information content (AvgIpc) is 2.50. The average molecular weight is 303 g/mol. The smallest absolute Gasteiger partial charge is 0.0453 e. The van der Waals surface area contributed by atoms with Crippen LogP contribution in [0.25, 0.3) is 0 Å². The predicted molar refractivity (Wildman–Crippen MR) is 90.6 cm³/mol. The quantitative estimate of drug-likeness (QED) is 0.827. The molecular weight excluding hydrogens is 280 g/mol. The zero-order valence-corrected chi connectivity index (χ0v) is 13.5. The van der Waals surface area contributed by atoms with Crippen molar-refractivity contribution in [2.24, 2.45) is 0 Å². The van der Waals surface area contributed by atoms with Crippen molar-refractivity contribution in [3.05, 3.63) is 70.7 Å². The van der Waals surface area contributed by atoms with Gasteiger partial charge in [0, 0.05) is 17.6 Å². The maximum atomic E-state index is 6.29. The fourth-order valence-electron chi connectivity index (χ4n) is 2.54. The van der Waals surface area contributed by atoms with Crippen LogP contribution in [0.4, 0.5) is 0 Å². The fourth-order valence-corrected chi connectivity index (χ4v) is 2.80. The van der Waals surface area contributed by atoms with Crippen LogP contribution in [0.2, 0.25) is 5.02 Å². The van der Waals surface area contributed by atoms with Crippen molar-refractivity contribution in [2.45, 2.75) is 19.0 Å². The van der Waals surface area contributed by atoms with Crippen molar-refractivity contribution in [1.82, 2.24) is 10.2 Å². The molecule has 2 rings (SSSR count). The molecule has 1 atom stereocenters. The lowest BCUT2D eigenvalue weighted by atomic mass is 10.0. The van der Waals surface area contributed by atoms with Crippen molar-refractivity contribution in [3.63, 3.8) is 0 Å². The Balaban J connectivity index is 1.90. The van der Waals surface area contributed by atoms with Crippen LogP contribution in [-0.2, 0) is 6.54 Å². The van der Waals surface area contributed by atoms with E-state index in [9.17, 15) is 0 Å². The van der Waals surface area contributed by atoms with Crippen molar-refractivity contribution >= 4 is 11.6 Å². The second-order valence-corrected chi connectivity index (χ2v) is 5.78. The van der Waals surface area contributed by atoms with Crippen molar-refractivity contribution in [1.29, 1.82) is 0 Å². The largest absolute Gasteiger partial charge is 0.313 e. The number of hydrogen-bond donors (Lipinski definition) is 1. The van der Waals surface area contributed by atoms with Gasteiger partial charge in [-0.1, -0.05) is 60.1 Å². The third-order valence-electron chi connectivity index (χ3n) is 3.72. The normalized spacial score (nSPS) is 12.6. The van der Waals surface area contributed by atoms with Gasteiger partial charge in [0.25, 0.3) is 0 Å². The van der Waals surface area contributed by atoms with Crippen molar-refractivity contribution in [2.75, 3.05) is 20.6 Å². The Hall–Kier alpha value is -1.35. The minimum absolute atomic E-state index is 0.289. The summed E-state index contributed by atoms with van der Waals surface area (Å²) in [7, 11) is 4.15. The molecule has 2 aromatic carbocycles. The summed E-state index contributed by atoms with van der Waals surface area (Å²) in [6.45, 7) is 1.99. The zero-order chi connectivity index (χ0) is 15.1. The van der Waals surface area contributed by atoms with E-state index in [0.717, 1.165) is 24.5 Å². The third kappa shape index (κ3) is 4.85. The Morgan fingerprint density at radius 3 is 2.38 bits per heavy atom. The molecule has 2 nitrogen and oxygen atoms in total. The summed E-state index contributed by atoms with van der Waals surface area (Å²) in [6, 6.07) is 18.9. The molecule has 2 aromatic rings. The maximum absolute atomic E-state index is 6.29. The van der Waals surface area contributed by atoms with Crippen LogP contribution in [0, 0.1) is 0 Å². The third-order valence-corrected chi connectivity index (χ3v) is 4.07. The summed E-state index contributed by atoms with van der Waals surface area (Å²) in [5, 5.41) is 4.20. The van der Waals surface area contributed by atoms with E-state index in [0.29, 0.717) is 0 Å². The summed E-state index contributed by atoms with van der Waals surface area (Å²) >= 11 is 6.29. The molecule has 0 saturated heterocycles. The lowest BCUT2D eigenvalue weighted by Crippen LogP contribution is -2.25. The molecule has 0 amide bonds. The van der Waals surface area contributed by atoms with Crippen LogP contribution in [-0.4, -0.2) is 25.5 Å². The van der Waals surface area contributed by atoms with E-state index < -0.39 is 0 Å². The number of rotatable bonds is 7. The van der Waals surface area contributed by atoms with Gasteiger partial charge in [0.05, 0.1) is 0 Å². The fraction of sp³-hybridized carbons (Fsp3) is 0.333. The standard InChI is InChI=1S/C18H23ClN2/c1-20-18(16-10-6-7-11-17(16)19)12-13-21(2)14-15-8-4-3-5-9-15/h3-11,18,20H,12-14H2,1-2H3. The van der Waals surface area contributed by atoms with Gasteiger partial charge in [-0.25, -0.2) is 0 Å². The van der Waals surface area contributed by atoms with Gasteiger partial charge in [0.15, 0.2) is 0 Å². The maximum Gasteiger partial charge on any atom is 0.0453 e. The topological polar surface area (TPSA) is 15.3 Å². The van der Waals surface area contributed by atoms with Crippen LogP contribution < -0.4 is 5.32 Å². The second-order valence-electron chi connectivity index (χ2n) is 5.37. The minimum atomic E-state index is 0.289. The first-order valence-electron chi connectivity index (χ1n) is 7.35. The van der Waals surface area contributed by atoms with Crippen LogP contribution in [0.15, 0.2) is 54.6 Å². The van der Waals surface area contributed by atoms with Gasteiger partial charge < -0.3 is 10.2 Å². The molecule has 1 N–H and O–H groups in total. The molecule has 0 aliphatic rings. The summed E-state index contributed by atoms with van der Waals surface area (Å²) in [6.07, 6.45) is 1.03. The molecule has 21 heavy (non-hydrogen) atoms. The number of benzene rings is 2. The van der Waals surface area contributed by atoms with E-state index >= 15 is 0 Å². The molecule has 0 heterocycles. The van der Waals surface area contributed by atoms with Gasteiger partial charge in [-0.3, -0.25) is 0 Å². The number of halogens is 1. The SMILES string of the molecule is CNC(CCN(C)Cc1ccccc1)c1ccccc1Cl. The first kappa shape index (κ1) is 16.0. The second kappa shape index (κ2) is 8.18. The van der Waals surface area contributed by atoms with Crippen LogP contribution in [0.5, 0.6) is 0 Å². The van der Waals surface area contributed by atoms with Gasteiger partial charge in [-0.05, 0) is 44.3 Å². The first-order valence-corrected chi connectivity index (χ1v) is 7.72. The van der Waals surface area contributed by atoms with E-state index in [1.165, 1.54) is 11.1 Å². The van der Waals surface area contributed by atoms with E-state index in [4.69, 9.17) is 11.6 Å². The van der Waals surface area contributed by atoms with Crippen LogP contribution in [0.1, 0.15) is 23.6 Å². The van der Waals surface area contributed by atoms with Crippen molar-refractivity contribution < 1.29 is 0 Å². The van der Waals surface area contributed by atoms with Gasteiger partial charge in [0.2, 0.25) is 0 Å². The molecule has 0 spiro atoms. The lowest BCUT2D eigenvalue weighted by Gasteiger charge is -2.22. The highest BCUT2D eigenvalue weighted by molar-refractivity contribution is 6.31. The number of nitrogens with zero attached hydrogens (tertiary/aromatic N) is 1. The van der Waals surface area contributed by atoms with Crippen LogP contribution >= 0.6 is 11.6 Å². The number of hydrogen-bond acceptors (Lipinski definition) is 2. The molecule has 112 valence electrons. The summed E-state index contributed by atoms with van der Waals surface area (Å²) in [5.74, 6) is 0. The van der Waals surface area contributed by atoms with Crippen LogP contribution in [0.3, 0.4) is 0 Å². The molecule has 0 saturated carbocycles. The molecule has 0 radical (unpaired) electrons. The molecule has 1 unspecified atom stereocenters. The van der Waals surface area contributed by atoms with Gasteiger partial charge in [0.1, 0.15) is 0 Å². The number of nitrogens with one attached hydrogen (secondary N) is 1. The Labute approximate surface area is 132 Å².